The molecule has 3 rings (SSSR count). The fraction of sp³-hybridized carbons (Fsp3) is 0.579. The zero-order valence-corrected chi connectivity index (χ0v) is 14.4. The molecule has 2 aromatic rings. The van der Waals surface area contributed by atoms with Crippen LogP contribution in [0.3, 0.4) is 0 Å². The second-order valence-electron chi connectivity index (χ2n) is 7.54. The van der Waals surface area contributed by atoms with Gasteiger partial charge in [-0.2, -0.15) is 13.2 Å². The van der Waals surface area contributed by atoms with Gasteiger partial charge in [0.05, 0.1) is 0 Å². The molecule has 2 aromatic heterocycles. The lowest BCUT2D eigenvalue weighted by atomic mass is 9.47. The number of H-pyrrole nitrogens is 2. The van der Waals surface area contributed by atoms with Crippen LogP contribution in [0.25, 0.3) is 0 Å². The fourth-order valence-corrected chi connectivity index (χ4v) is 5.03. The van der Waals surface area contributed by atoms with Crippen molar-refractivity contribution in [3.8, 4) is 0 Å². The van der Waals surface area contributed by atoms with Gasteiger partial charge in [0.25, 0.3) is 0 Å². The number of hydrogen-bond donors (Lipinski definition) is 2. The number of alkyl halides is 3. The van der Waals surface area contributed by atoms with Crippen LogP contribution in [-0.4, -0.2) is 16.1 Å². The highest BCUT2D eigenvalue weighted by Gasteiger charge is 2.70. The van der Waals surface area contributed by atoms with Crippen molar-refractivity contribution in [1.82, 2.24) is 9.97 Å². The Morgan fingerprint density at radius 2 is 1.67 bits per heavy atom. The van der Waals surface area contributed by atoms with Crippen LogP contribution < -0.4 is 0 Å². The molecule has 2 N–H and O–H groups in total. The average molecular weight is 338 g/mol. The normalized spacial score (nSPS) is 31.5. The van der Waals surface area contributed by atoms with Crippen LogP contribution >= 0.6 is 0 Å². The summed E-state index contributed by atoms with van der Waals surface area (Å²) in [4.78, 5) is 6.03. The molecule has 0 aliphatic heterocycles. The first kappa shape index (κ1) is 17.2. The minimum absolute atomic E-state index is 0.0248. The molecular formula is C19H25F3N2. The van der Waals surface area contributed by atoms with Crippen molar-refractivity contribution in [3.63, 3.8) is 0 Å². The van der Waals surface area contributed by atoms with E-state index in [1.165, 1.54) is 0 Å². The van der Waals surface area contributed by atoms with E-state index in [0.29, 0.717) is 12.1 Å². The Labute approximate surface area is 140 Å². The molecule has 1 aliphatic rings. The summed E-state index contributed by atoms with van der Waals surface area (Å²) >= 11 is 0. The first-order valence-electron chi connectivity index (χ1n) is 8.60. The highest BCUT2D eigenvalue weighted by atomic mass is 19.4. The molecule has 0 aromatic carbocycles. The Hall–Kier alpha value is -1.65. The maximum Gasteiger partial charge on any atom is 0.400 e. The average Bonchev–Trinajstić information content (AvgIpc) is 3.19. The summed E-state index contributed by atoms with van der Waals surface area (Å²) in [6.07, 6.45) is 0.409. The second-order valence-corrected chi connectivity index (χ2v) is 7.54. The van der Waals surface area contributed by atoms with Crippen molar-refractivity contribution in [2.75, 3.05) is 0 Å². The maximum absolute atomic E-state index is 14.7. The summed E-state index contributed by atoms with van der Waals surface area (Å²) in [6.45, 7) is 5.77. The van der Waals surface area contributed by atoms with Crippen molar-refractivity contribution in [2.45, 2.75) is 57.0 Å². The fourth-order valence-electron chi connectivity index (χ4n) is 5.03. The summed E-state index contributed by atoms with van der Waals surface area (Å²) in [5.41, 5.74) is -1.95. The lowest BCUT2D eigenvalue weighted by molar-refractivity contribution is -0.234. The standard InChI is InChI=1S/C19H25F3N2/c1-13(2)17(15-6-4-10-23-15)9-8-14(3)12-18(17,19(20,21)22)16-7-5-11-24-16/h4-7,10-11,13-14,23-24H,8-9,12H2,1-3H3. The lowest BCUT2D eigenvalue weighted by Gasteiger charge is -2.57. The van der Waals surface area contributed by atoms with E-state index < -0.39 is 17.0 Å². The van der Waals surface area contributed by atoms with Crippen molar-refractivity contribution in [1.29, 1.82) is 0 Å². The van der Waals surface area contributed by atoms with Gasteiger partial charge in [0, 0.05) is 29.2 Å². The number of aromatic nitrogens is 2. The Bertz CT molecular complexity index is 657. The molecule has 5 heteroatoms. The molecule has 2 nitrogen and oxygen atoms in total. The minimum Gasteiger partial charge on any atom is -0.364 e. The summed E-state index contributed by atoms with van der Waals surface area (Å²) in [5.74, 6) is -0.134. The summed E-state index contributed by atoms with van der Waals surface area (Å²) < 4.78 is 44.2. The largest absolute Gasteiger partial charge is 0.400 e. The Morgan fingerprint density at radius 3 is 2.12 bits per heavy atom. The van der Waals surface area contributed by atoms with Crippen LogP contribution in [0.1, 0.15) is 51.4 Å². The molecule has 0 radical (unpaired) electrons. The number of rotatable bonds is 3. The summed E-state index contributed by atoms with van der Waals surface area (Å²) in [7, 11) is 0. The number of hydrogen-bond acceptors (Lipinski definition) is 0. The van der Waals surface area contributed by atoms with Gasteiger partial charge < -0.3 is 9.97 Å². The topological polar surface area (TPSA) is 31.6 Å². The van der Waals surface area contributed by atoms with Crippen LogP contribution in [0, 0.1) is 11.8 Å². The smallest absolute Gasteiger partial charge is 0.364 e. The van der Waals surface area contributed by atoms with Gasteiger partial charge in [-0.25, -0.2) is 0 Å². The van der Waals surface area contributed by atoms with Gasteiger partial charge in [-0.15, -0.1) is 0 Å². The van der Waals surface area contributed by atoms with Gasteiger partial charge in [-0.3, -0.25) is 0 Å². The van der Waals surface area contributed by atoms with E-state index in [9.17, 15) is 13.2 Å². The number of aromatic amines is 2. The van der Waals surface area contributed by atoms with Crippen molar-refractivity contribution >= 4 is 0 Å². The molecule has 3 unspecified atom stereocenters. The molecule has 0 saturated heterocycles. The number of halogens is 3. The zero-order chi connectivity index (χ0) is 17.6. The van der Waals surface area contributed by atoms with Gasteiger partial charge in [0.2, 0.25) is 0 Å². The van der Waals surface area contributed by atoms with Gasteiger partial charge in [0.1, 0.15) is 5.41 Å². The van der Waals surface area contributed by atoms with Crippen LogP contribution in [-0.2, 0) is 10.8 Å². The maximum atomic E-state index is 14.7. The van der Waals surface area contributed by atoms with Crippen LogP contribution in [0.5, 0.6) is 0 Å². The molecular weight excluding hydrogens is 313 g/mol. The van der Waals surface area contributed by atoms with E-state index in [1.807, 2.05) is 26.8 Å². The molecule has 0 amide bonds. The Kier molecular flexibility index (Phi) is 4.09. The van der Waals surface area contributed by atoms with E-state index in [2.05, 4.69) is 9.97 Å². The van der Waals surface area contributed by atoms with E-state index in [1.54, 1.807) is 30.6 Å². The summed E-state index contributed by atoms with van der Waals surface area (Å²) in [5, 5.41) is 0. The van der Waals surface area contributed by atoms with E-state index >= 15 is 0 Å². The van der Waals surface area contributed by atoms with Crippen molar-refractivity contribution in [3.05, 3.63) is 48.0 Å². The van der Waals surface area contributed by atoms with Gasteiger partial charge in [-0.05, 0) is 55.4 Å². The molecule has 132 valence electrons. The van der Waals surface area contributed by atoms with Gasteiger partial charge in [-0.1, -0.05) is 20.8 Å². The zero-order valence-electron chi connectivity index (χ0n) is 14.4. The van der Waals surface area contributed by atoms with E-state index in [-0.39, 0.29) is 24.0 Å². The minimum atomic E-state index is -4.35. The molecule has 1 fully saturated rings. The predicted molar refractivity (Wildman–Crippen MR) is 88.8 cm³/mol. The van der Waals surface area contributed by atoms with Crippen molar-refractivity contribution < 1.29 is 13.2 Å². The first-order valence-corrected chi connectivity index (χ1v) is 8.60. The Balaban J connectivity index is 2.36. The third kappa shape index (κ3) is 2.16. The molecule has 2 heterocycles. The Morgan fingerprint density at radius 1 is 1.08 bits per heavy atom. The van der Waals surface area contributed by atoms with Gasteiger partial charge in [0.15, 0.2) is 0 Å². The van der Waals surface area contributed by atoms with Crippen LogP contribution in [0.4, 0.5) is 13.2 Å². The van der Waals surface area contributed by atoms with Gasteiger partial charge >= 0.3 is 6.18 Å². The highest BCUT2D eigenvalue weighted by Crippen LogP contribution is 2.64. The van der Waals surface area contributed by atoms with Crippen molar-refractivity contribution in [2.24, 2.45) is 11.8 Å². The molecule has 0 spiro atoms. The predicted octanol–water partition coefficient (Wildman–Crippen LogP) is 5.56. The van der Waals surface area contributed by atoms with E-state index in [0.717, 1.165) is 6.42 Å². The van der Waals surface area contributed by atoms with Crippen LogP contribution in [0.15, 0.2) is 36.7 Å². The van der Waals surface area contributed by atoms with E-state index in [4.69, 9.17) is 0 Å². The summed E-state index contributed by atoms with van der Waals surface area (Å²) in [6, 6.07) is 6.89. The molecule has 3 atom stereocenters. The van der Waals surface area contributed by atoms with Crippen LogP contribution in [0.2, 0.25) is 0 Å². The third-order valence-electron chi connectivity index (χ3n) is 6.05. The molecule has 0 bridgehead atoms. The first-order chi connectivity index (χ1) is 11.3. The number of nitrogens with one attached hydrogen (secondary N) is 2. The highest BCUT2D eigenvalue weighted by molar-refractivity contribution is 5.38. The second kappa shape index (κ2) is 5.71. The molecule has 1 aliphatic carbocycles. The molecule has 1 saturated carbocycles. The monoisotopic (exact) mass is 338 g/mol. The third-order valence-corrected chi connectivity index (χ3v) is 6.05. The SMILES string of the molecule is CC1CCC(c2ccc[nH]2)(C(C)C)C(c2ccc[nH]2)(C(F)(F)F)C1. The quantitative estimate of drug-likeness (QED) is 0.734. The lowest BCUT2D eigenvalue weighted by Crippen LogP contribution is -2.63. The molecule has 24 heavy (non-hydrogen) atoms.